The van der Waals surface area contributed by atoms with E-state index in [1.165, 1.54) is 88.0 Å². The molecule has 1 fully saturated rings. The van der Waals surface area contributed by atoms with Crippen molar-refractivity contribution < 1.29 is 9.30 Å². The smallest absolute Gasteiger partial charge is 0.228 e. The maximum atomic E-state index is 6.83. The summed E-state index contributed by atoms with van der Waals surface area (Å²) in [5, 5.41) is 5.17. The Kier molecular flexibility index (Phi) is 4.99. The van der Waals surface area contributed by atoms with E-state index in [1.54, 1.807) is 0 Å². The molecular weight excluding hydrogens is 414 g/mol. The normalized spacial score (nSPS) is 17.1. The molecule has 0 amide bonds. The van der Waals surface area contributed by atoms with Gasteiger partial charge in [-0.05, 0) is 84.2 Å². The zero-order valence-corrected chi connectivity index (χ0v) is 21.3. The van der Waals surface area contributed by atoms with Gasteiger partial charge in [-0.1, -0.05) is 57.0 Å². The van der Waals surface area contributed by atoms with Crippen molar-refractivity contribution >= 4 is 21.5 Å². The van der Waals surface area contributed by atoms with Crippen molar-refractivity contribution in [1.82, 2.24) is 0 Å². The van der Waals surface area contributed by atoms with Gasteiger partial charge in [-0.3, -0.25) is 0 Å². The first-order valence-corrected chi connectivity index (χ1v) is 13.1. The van der Waals surface area contributed by atoms with Crippen LogP contribution in [0.4, 0.5) is 0 Å². The van der Waals surface area contributed by atoms with Gasteiger partial charge in [0.2, 0.25) is 5.69 Å². The van der Waals surface area contributed by atoms with Crippen molar-refractivity contribution in [2.45, 2.75) is 72.1 Å². The predicted octanol–water partition coefficient (Wildman–Crippen LogP) is 8.67. The van der Waals surface area contributed by atoms with Crippen molar-refractivity contribution in [2.24, 2.45) is 12.5 Å². The second-order valence-corrected chi connectivity index (χ2v) is 10.8. The van der Waals surface area contributed by atoms with Crippen LogP contribution < -0.4 is 9.30 Å². The lowest BCUT2D eigenvalue weighted by atomic mass is 9.66. The standard InChI is InChI=1S/C32H36NO/c1-6-32(7-2)15-12-22(13-16-32)24-18-23-14-17-33(5)30-28-20(3)25-10-8-9-11-26(25)21(4)31(28)34-27(19-24)29(23)30/h8-11,14,17-19,22H,6-7,12-13,15-16H2,1-5H3/q+1. The topological polar surface area (TPSA) is 13.1 Å². The van der Waals surface area contributed by atoms with Crippen molar-refractivity contribution in [3.8, 4) is 22.8 Å². The molecule has 0 radical (unpaired) electrons. The Balaban J connectivity index is 1.53. The van der Waals surface area contributed by atoms with Crippen molar-refractivity contribution in [1.29, 1.82) is 0 Å². The van der Waals surface area contributed by atoms with E-state index in [9.17, 15) is 0 Å². The summed E-state index contributed by atoms with van der Waals surface area (Å²) in [6.45, 7) is 9.22. The highest BCUT2D eigenvalue weighted by molar-refractivity contribution is 6.06. The van der Waals surface area contributed by atoms with Gasteiger partial charge in [-0.2, -0.15) is 0 Å². The third-order valence-corrected chi connectivity index (χ3v) is 9.37. The second kappa shape index (κ2) is 7.83. The van der Waals surface area contributed by atoms with E-state index in [0.717, 1.165) is 11.5 Å². The second-order valence-electron chi connectivity index (χ2n) is 10.8. The van der Waals surface area contributed by atoms with Gasteiger partial charge in [-0.15, -0.1) is 0 Å². The van der Waals surface area contributed by atoms with Gasteiger partial charge in [0.25, 0.3) is 0 Å². The van der Waals surface area contributed by atoms with E-state index in [0.29, 0.717) is 11.3 Å². The average molecular weight is 451 g/mol. The van der Waals surface area contributed by atoms with Crippen LogP contribution in [-0.4, -0.2) is 0 Å². The fourth-order valence-corrected chi connectivity index (χ4v) is 6.90. The Morgan fingerprint density at radius 3 is 2.29 bits per heavy atom. The van der Waals surface area contributed by atoms with Gasteiger partial charge in [0.05, 0.1) is 10.9 Å². The fourth-order valence-electron chi connectivity index (χ4n) is 6.90. The van der Waals surface area contributed by atoms with Crippen LogP contribution in [0, 0.1) is 19.3 Å². The lowest BCUT2D eigenvalue weighted by molar-refractivity contribution is -0.659. The van der Waals surface area contributed by atoms with Gasteiger partial charge in [-0.25, -0.2) is 4.57 Å². The third kappa shape index (κ3) is 3.04. The molecule has 1 saturated carbocycles. The largest absolute Gasteiger partial charge is 0.455 e. The van der Waals surface area contributed by atoms with Crippen LogP contribution in [0.25, 0.3) is 32.8 Å². The minimum absolute atomic E-state index is 0.563. The van der Waals surface area contributed by atoms with Gasteiger partial charge >= 0.3 is 0 Å². The summed E-state index contributed by atoms with van der Waals surface area (Å²) in [5.74, 6) is 2.70. The summed E-state index contributed by atoms with van der Waals surface area (Å²) >= 11 is 0. The van der Waals surface area contributed by atoms with Crippen LogP contribution in [0.15, 0.2) is 48.7 Å². The maximum absolute atomic E-state index is 6.83. The van der Waals surface area contributed by atoms with Crippen molar-refractivity contribution in [2.75, 3.05) is 0 Å². The number of hydrogen-bond donors (Lipinski definition) is 0. The maximum Gasteiger partial charge on any atom is 0.228 e. The molecule has 0 saturated heterocycles. The Hall–Kier alpha value is -2.87. The predicted molar refractivity (Wildman–Crippen MR) is 142 cm³/mol. The number of pyridine rings is 1. The SMILES string of the molecule is CCC1(CC)CCC(c2cc3c4c([n+](C)ccc4c2)-c2c(c(C)c4ccccc4c2C)O3)CC1. The van der Waals surface area contributed by atoms with E-state index in [-0.39, 0.29) is 0 Å². The molecule has 1 aliphatic carbocycles. The molecule has 2 heterocycles. The van der Waals surface area contributed by atoms with Crippen LogP contribution in [0.1, 0.15) is 75.0 Å². The zero-order valence-electron chi connectivity index (χ0n) is 21.3. The van der Waals surface area contributed by atoms with Gasteiger partial charge in [0.1, 0.15) is 18.5 Å². The van der Waals surface area contributed by atoms with Crippen LogP contribution in [0.3, 0.4) is 0 Å². The first kappa shape index (κ1) is 21.6. The molecule has 2 heteroatoms. The molecule has 2 aliphatic rings. The Labute approximate surface area is 203 Å². The first-order valence-electron chi connectivity index (χ1n) is 13.1. The summed E-state index contributed by atoms with van der Waals surface area (Å²) < 4.78 is 9.11. The number of aryl methyl sites for hydroxylation is 3. The average Bonchev–Trinajstić information content (AvgIpc) is 2.88. The number of ether oxygens (including phenoxy) is 1. The highest BCUT2D eigenvalue weighted by atomic mass is 16.5. The molecule has 4 aromatic rings. The molecule has 1 aromatic heterocycles. The molecule has 0 atom stereocenters. The van der Waals surface area contributed by atoms with Gasteiger partial charge < -0.3 is 4.74 Å². The molecule has 2 nitrogen and oxygen atoms in total. The monoisotopic (exact) mass is 450 g/mol. The van der Waals surface area contributed by atoms with Gasteiger partial charge in [0, 0.05) is 11.6 Å². The Bertz CT molecular complexity index is 1430. The molecule has 34 heavy (non-hydrogen) atoms. The van der Waals surface area contributed by atoms with Gasteiger partial charge in [0.15, 0.2) is 6.20 Å². The highest BCUT2D eigenvalue weighted by Gasteiger charge is 2.35. The Morgan fingerprint density at radius 1 is 0.941 bits per heavy atom. The molecule has 0 bridgehead atoms. The van der Waals surface area contributed by atoms with Crippen LogP contribution in [0.5, 0.6) is 11.5 Å². The van der Waals surface area contributed by atoms with Crippen LogP contribution in [0.2, 0.25) is 0 Å². The summed E-state index contributed by atoms with van der Waals surface area (Å²) in [6.07, 6.45) is 10.1. The number of fused-ring (bicyclic) bond motifs is 3. The minimum atomic E-state index is 0.563. The Morgan fingerprint density at radius 2 is 1.62 bits per heavy atom. The van der Waals surface area contributed by atoms with E-state index < -0.39 is 0 Å². The zero-order chi connectivity index (χ0) is 23.6. The number of hydrogen-bond acceptors (Lipinski definition) is 1. The quantitative estimate of drug-likeness (QED) is 0.251. The number of benzene rings is 3. The van der Waals surface area contributed by atoms with Crippen LogP contribution >= 0.6 is 0 Å². The summed E-state index contributed by atoms with van der Waals surface area (Å²) in [6, 6.07) is 15.8. The summed E-state index contributed by atoms with van der Waals surface area (Å²) in [7, 11) is 2.17. The molecular formula is C32H36NO+. The molecule has 6 rings (SSSR count). The lowest BCUT2D eigenvalue weighted by Gasteiger charge is -2.39. The molecule has 0 N–H and O–H groups in total. The number of rotatable bonds is 3. The number of nitrogens with zero attached hydrogens (tertiary/aromatic N) is 1. The summed E-state index contributed by atoms with van der Waals surface area (Å²) in [4.78, 5) is 0. The number of aromatic nitrogens is 1. The molecule has 0 spiro atoms. The fraction of sp³-hybridized carbons (Fsp3) is 0.406. The first-order chi connectivity index (χ1) is 16.5. The summed E-state index contributed by atoms with van der Waals surface area (Å²) in [5.41, 5.74) is 7.09. The van der Waals surface area contributed by atoms with E-state index in [1.807, 2.05) is 0 Å². The van der Waals surface area contributed by atoms with E-state index in [2.05, 4.69) is 88.0 Å². The minimum Gasteiger partial charge on any atom is -0.455 e. The van der Waals surface area contributed by atoms with E-state index in [4.69, 9.17) is 4.74 Å². The van der Waals surface area contributed by atoms with Crippen molar-refractivity contribution in [3.63, 3.8) is 0 Å². The molecule has 3 aromatic carbocycles. The van der Waals surface area contributed by atoms with Crippen molar-refractivity contribution in [3.05, 3.63) is 65.4 Å². The molecule has 174 valence electrons. The van der Waals surface area contributed by atoms with Crippen LogP contribution in [-0.2, 0) is 7.05 Å². The van der Waals surface area contributed by atoms with E-state index >= 15 is 0 Å². The highest BCUT2D eigenvalue weighted by Crippen LogP contribution is 2.52. The molecule has 1 aliphatic heterocycles. The molecule has 0 unspecified atom stereocenters. The third-order valence-electron chi connectivity index (χ3n) is 9.37. The lowest BCUT2D eigenvalue weighted by Crippen LogP contribution is -2.32.